The number of methoxy groups -OCH3 is 1. The second kappa shape index (κ2) is 9.46. The van der Waals surface area contributed by atoms with Gasteiger partial charge < -0.3 is 10.1 Å². The predicted octanol–water partition coefficient (Wildman–Crippen LogP) is 2.36. The number of ether oxygens (including phenoxy) is 1. The number of aromatic nitrogens is 5. The number of hydrogen-bond acceptors (Lipinski definition) is 8. The molecule has 3 aromatic rings. The second-order valence-corrected chi connectivity index (χ2v) is 7.40. The number of amides is 1. The zero-order valence-corrected chi connectivity index (χ0v) is 17.3. The van der Waals surface area contributed by atoms with E-state index in [0.717, 1.165) is 17.0 Å². The van der Waals surface area contributed by atoms with Gasteiger partial charge in [-0.3, -0.25) is 9.59 Å². The fourth-order valence-corrected chi connectivity index (χ4v) is 3.77. The van der Waals surface area contributed by atoms with Crippen LogP contribution in [0.4, 0.5) is 5.69 Å². The molecular formula is C19H22N6O3S. The minimum Gasteiger partial charge on any atom is -0.469 e. The molecule has 0 aromatic carbocycles. The molecule has 3 aromatic heterocycles. The van der Waals surface area contributed by atoms with Crippen molar-refractivity contribution in [2.75, 3.05) is 18.2 Å². The zero-order chi connectivity index (χ0) is 20.8. The van der Waals surface area contributed by atoms with Crippen LogP contribution in [0.5, 0.6) is 0 Å². The van der Waals surface area contributed by atoms with Gasteiger partial charge in [0.2, 0.25) is 5.91 Å². The van der Waals surface area contributed by atoms with E-state index in [1.165, 1.54) is 25.2 Å². The summed E-state index contributed by atoms with van der Waals surface area (Å²) in [6.45, 7) is 3.85. The molecule has 0 aliphatic rings. The summed E-state index contributed by atoms with van der Waals surface area (Å²) >= 11 is 1.40. The summed E-state index contributed by atoms with van der Waals surface area (Å²) < 4.78 is 6.32. The van der Waals surface area contributed by atoms with Crippen LogP contribution >= 0.6 is 11.8 Å². The van der Waals surface area contributed by atoms with Crippen LogP contribution in [-0.4, -0.2) is 49.3 Å². The number of pyridine rings is 1. The van der Waals surface area contributed by atoms with E-state index in [9.17, 15) is 9.59 Å². The largest absolute Gasteiger partial charge is 0.469 e. The number of anilines is 1. The molecule has 0 spiro atoms. The summed E-state index contributed by atoms with van der Waals surface area (Å²) in [5.74, 6) is 0.680. The number of fused-ring (bicyclic) bond motifs is 1. The number of rotatable bonds is 8. The van der Waals surface area contributed by atoms with E-state index < -0.39 is 0 Å². The fraction of sp³-hybridized carbons (Fsp3) is 0.368. The first kappa shape index (κ1) is 20.7. The van der Waals surface area contributed by atoms with Crippen LogP contribution in [0.3, 0.4) is 0 Å². The van der Waals surface area contributed by atoms with Gasteiger partial charge in [0.1, 0.15) is 11.4 Å². The van der Waals surface area contributed by atoms with E-state index in [1.807, 2.05) is 13.8 Å². The highest BCUT2D eigenvalue weighted by Gasteiger charge is 2.14. The lowest BCUT2D eigenvalue weighted by atomic mass is 10.1. The predicted molar refractivity (Wildman–Crippen MR) is 109 cm³/mol. The molecule has 1 amide bonds. The highest BCUT2D eigenvalue weighted by atomic mass is 32.2. The van der Waals surface area contributed by atoms with Crippen molar-refractivity contribution in [3.05, 3.63) is 41.6 Å². The van der Waals surface area contributed by atoms with Crippen molar-refractivity contribution in [2.24, 2.45) is 0 Å². The molecule has 0 fully saturated rings. The summed E-state index contributed by atoms with van der Waals surface area (Å²) in [4.78, 5) is 36.6. The van der Waals surface area contributed by atoms with Crippen molar-refractivity contribution in [3.63, 3.8) is 0 Å². The Bertz CT molecular complexity index is 1040. The van der Waals surface area contributed by atoms with Crippen LogP contribution < -0.4 is 5.32 Å². The molecule has 29 heavy (non-hydrogen) atoms. The first-order valence-electron chi connectivity index (χ1n) is 9.10. The molecule has 9 nitrogen and oxygen atoms in total. The molecule has 10 heteroatoms. The summed E-state index contributed by atoms with van der Waals surface area (Å²) in [7, 11) is 1.36. The topological polar surface area (TPSA) is 111 Å². The van der Waals surface area contributed by atoms with Gasteiger partial charge in [-0.25, -0.2) is 14.5 Å². The highest BCUT2D eigenvalue weighted by molar-refractivity contribution is 7.99. The number of thioether (sulfide) groups is 1. The van der Waals surface area contributed by atoms with Gasteiger partial charge in [-0.2, -0.15) is 10.1 Å². The van der Waals surface area contributed by atoms with E-state index in [0.29, 0.717) is 35.1 Å². The van der Waals surface area contributed by atoms with E-state index >= 15 is 0 Å². The van der Waals surface area contributed by atoms with Crippen LogP contribution in [0, 0.1) is 13.8 Å². The molecule has 3 heterocycles. The van der Waals surface area contributed by atoms with Gasteiger partial charge in [0.05, 0.1) is 19.2 Å². The van der Waals surface area contributed by atoms with Gasteiger partial charge in [0.15, 0.2) is 0 Å². The third-order valence-electron chi connectivity index (χ3n) is 4.41. The number of carbonyl (C=O) groups excluding carboxylic acids is 2. The normalized spacial score (nSPS) is 10.9. The van der Waals surface area contributed by atoms with Gasteiger partial charge in [-0.05, 0) is 38.0 Å². The lowest BCUT2D eigenvalue weighted by molar-refractivity contribution is -0.140. The molecule has 1 N–H and O–H groups in total. The lowest BCUT2D eigenvalue weighted by Gasteiger charge is -2.12. The molecule has 3 rings (SSSR count). The van der Waals surface area contributed by atoms with Gasteiger partial charge in [0, 0.05) is 29.8 Å². The molecule has 0 aliphatic heterocycles. The lowest BCUT2D eigenvalue weighted by Crippen LogP contribution is -2.15. The number of aryl methyl sites for hydroxylation is 2. The van der Waals surface area contributed by atoms with E-state index in [1.54, 1.807) is 22.8 Å². The summed E-state index contributed by atoms with van der Waals surface area (Å²) in [6, 6.07) is 3.56. The van der Waals surface area contributed by atoms with Crippen molar-refractivity contribution < 1.29 is 14.3 Å². The molecule has 0 atom stereocenters. The van der Waals surface area contributed by atoms with Crippen molar-refractivity contribution >= 4 is 35.1 Å². The Morgan fingerprint density at radius 3 is 2.86 bits per heavy atom. The minimum atomic E-state index is -0.275. The molecular weight excluding hydrogens is 392 g/mol. The summed E-state index contributed by atoms with van der Waals surface area (Å²) in [5, 5.41) is 7.75. The zero-order valence-electron chi connectivity index (χ0n) is 16.5. The Morgan fingerprint density at radius 1 is 1.24 bits per heavy atom. The SMILES string of the molecule is COC(=O)CCSc1ncccc1NC(=O)CCc1c(C)nc2ncnn2c1C. The monoisotopic (exact) mass is 414 g/mol. The molecule has 0 aliphatic carbocycles. The van der Waals surface area contributed by atoms with Crippen LogP contribution in [-0.2, 0) is 20.7 Å². The minimum absolute atomic E-state index is 0.120. The standard InChI is InChI=1S/C19H22N6O3S/c1-12-14(13(2)25-19(23-12)21-11-22-25)6-7-16(26)24-15-5-4-9-20-18(15)29-10-8-17(27)28-3/h4-5,9,11H,6-8,10H2,1-3H3,(H,24,26). The van der Waals surface area contributed by atoms with Gasteiger partial charge in [0.25, 0.3) is 5.78 Å². The molecule has 152 valence electrons. The average Bonchev–Trinajstić information content (AvgIpc) is 3.17. The Hall–Kier alpha value is -3.01. The molecule has 0 unspecified atom stereocenters. The van der Waals surface area contributed by atoms with Crippen molar-refractivity contribution in [1.29, 1.82) is 0 Å². The number of nitrogens with zero attached hydrogens (tertiary/aromatic N) is 5. The molecule has 0 saturated carbocycles. The Balaban J connectivity index is 1.62. The molecule has 0 saturated heterocycles. The van der Waals surface area contributed by atoms with Crippen LogP contribution in [0.2, 0.25) is 0 Å². The van der Waals surface area contributed by atoms with Gasteiger partial charge in [-0.1, -0.05) is 0 Å². The average molecular weight is 414 g/mol. The maximum atomic E-state index is 12.5. The molecule has 0 radical (unpaired) electrons. The number of hydrogen-bond donors (Lipinski definition) is 1. The Kier molecular flexibility index (Phi) is 6.76. The van der Waals surface area contributed by atoms with E-state index in [4.69, 9.17) is 0 Å². The summed E-state index contributed by atoms with van der Waals surface area (Å²) in [5.41, 5.74) is 3.39. The third kappa shape index (κ3) is 5.08. The van der Waals surface area contributed by atoms with Crippen LogP contribution in [0.25, 0.3) is 5.78 Å². The van der Waals surface area contributed by atoms with E-state index in [2.05, 4.69) is 30.1 Å². The fourth-order valence-electron chi connectivity index (χ4n) is 2.90. The van der Waals surface area contributed by atoms with Crippen LogP contribution in [0.1, 0.15) is 29.8 Å². The Morgan fingerprint density at radius 2 is 2.07 bits per heavy atom. The smallest absolute Gasteiger partial charge is 0.306 e. The first-order chi connectivity index (χ1) is 14.0. The highest BCUT2D eigenvalue weighted by Crippen LogP contribution is 2.25. The third-order valence-corrected chi connectivity index (χ3v) is 5.42. The second-order valence-electron chi connectivity index (χ2n) is 6.31. The van der Waals surface area contributed by atoms with Gasteiger partial charge in [-0.15, -0.1) is 11.8 Å². The van der Waals surface area contributed by atoms with Crippen molar-refractivity contribution in [3.8, 4) is 0 Å². The van der Waals surface area contributed by atoms with Crippen molar-refractivity contribution in [1.82, 2.24) is 24.6 Å². The Labute approximate surface area is 172 Å². The maximum absolute atomic E-state index is 12.5. The molecule has 0 bridgehead atoms. The first-order valence-corrected chi connectivity index (χ1v) is 10.1. The maximum Gasteiger partial charge on any atom is 0.306 e. The number of carbonyl (C=O) groups is 2. The quantitative estimate of drug-likeness (QED) is 0.442. The number of nitrogens with one attached hydrogen (secondary N) is 1. The van der Waals surface area contributed by atoms with Gasteiger partial charge >= 0.3 is 5.97 Å². The number of esters is 1. The summed E-state index contributed by atoms with van der Waals surface area (Å²) in [6.07, 6.45) is 4.23. The van der Waals surface area contributed by atoms with Crippen molar-refractivity contribution in [2.45, 2.75) is 38.1 Å². The van der Waals surface area contributed by atoms with E-state index in [-0.39, 0.29) is 18.3 Å². The van der Waals surface area contributed by atoms with Crippen LogP contribution in [0.15, 0.2) is 29.7 Å².